The number of hydrogen-bond donors (Lipinski definition) is 0. The Kier molecular flexibility index (Phi) is 4.45. The second kappa shape index (κ2) is 6.89. The van der Waals surface area contributed by atoms with E-state index in [2.05, 4.69) is 5.10 Å². The number of aromatic nitrogens is 2. The Balaban J connectivity index is 1.63. The summed E-state index contributed by atoms with van der Waals surface area (Å²) in [4.78, 5) is 14.7. The summed E-state index contributed by atoms with van der Waals surface area (Å²) in [6.45, 7) is 2.38. The molecule has 4 nitrogen and oxygen atoms in total. The van der Waals surface area contributed by atoms with Crippen LogP contribution >= 0.6 is 11.6 Å². The van der Waals surface area contributed by atoms with E-state index in [0.717, 1.165) is 53.0 Å². The lowest BCUT2D eigenvalue weighted by atomic mass is 10.1. The first-order chi connectivity index (χ1) is 12.2. The maximum atomic E-state index is 12.8. The van der Waals surface area contributed by atoms with Crippen molar-refractivity contribution in [1.29, 1.82) is 0 Å². The predicted molar refractivity (Wildman–Crippen MR) is 100 cm³/mol. The average Bonchev–Trinajstić information content (AvgIpc) is 3.06. The molecular formula is C20H20ClN3O. The smallest absolute Gasteiger partial charge is 0.253 e. The number of rotatable bonds is 3. The maximum absolute atomic E-state index is 12.8. The van der Waals surface area contributed by atoms with E-state index in [1.807, 2.05) is 58.2 Å². The van der Waals surface area contributed by atoms with Crippen LogP contribution in [-0.2, 0) is 6.54 Å². The van der Waals surface area contributed by atoms with Crippen LogP contribution in [0.1, 0.15) is 35.2 Å². The van der Waals surface area contributed by atoms with Gasteiger partial charge in [0.2, 0.25) is 0 Å². The first-order valence-electron chi connectivity index (χ1n) is 8.70. The summed E-state index contributed by atoms with van der Waals surface area (Å²) in [6.07, 6.45) is 5.27. The van der Waals surface area contributed by atoms with Gasteiger partial charge in [-0.2, -0.15) is 5.10 Å². The van der Waals surface area contributed by atoms with Gasteiger partial charge in [-0.3, -0.25) is 9.48 Å². The molecule has 1 aliphatic rings. The van der Waals surface area contributed by atoms with Gasteiger partial charge in [-0.05, 0) is 49.1 Å². The lowest BCUT2D eigenvalue weighted by Crippen LogP contribution is -2.35. The van der Waals surface area contributed by atoms with Gasteiger partial charge in [0.15, 0.2) is 0 Å². The molecular weight excluding hydrogens is 334 g/mol. The van der Waals surface area contributed by atoms with Gasteiger partial charge < -0.3 is 4.90 Å². The van der Waals surface area contributed by atoms with Gasteiger partial charge in [0.05, 0.1) is 18.3 Å². The van der Waals surface area contributed by atoms with Crippen LogP contribution in [0.25, 0.3) is 10.9 Å². The molecule has 2 aromatic carbocycles. The lowest BCUT2D eigenvalue weighted by Gasteiger charge is -2.26. The summed E-state index contributed by atoms with van der Waals surface area (Å²) in [6, 6.07) is 13.6. The minimum Gasteiger partial charge on any atom is -0.339 e. The fraction of sp³-hybridized carbons (Fsp3) is 0.300. The van der Waals surface area contributed by atoms with E-state index in [9.17, 15) is 4.79 Å². The Morgan fingerprint density at radius 1 is 1.04 bits per heavy atom. The summed E-state index contributed by atoms with van der Waals surface area (Å²) in [5.74, 6) is 0.126. The van der Waals surface area contributed by atoms with Gasteiger partial charge in [-0.1, -0.05) is 29.8 Å². The topological polar surface area (TPSA) is 38.1 Å². The summed E-state index contributed by atoms with van der Waals surface area (Å²) in [5, 5.41) is 6.26. The molecule has 128 valence electrons. The Hall–Kier alpha value is -2.33. The van der Waals surface area contributed by atoms with Crippen molar-refractivity contribution in [2.24, 2.45) is 0 Å². The number of amides is 1. The molecule has 0 aliphatic carbocycles. The summed E-state index contributed by atoms with van der Waals surface area (Å²) >= 11 is 5.95. The molecule has 5 heteroatoms. The van der Waals surface area contributed by atoms with Crippen molar-refractivity contribution in [3.8, 4) is 0 Å². The molecule has 0 N–H and O–H groups in total. The minimum atomic E-state index is 0.126. The monoisotopic (exact) mass is 353 g/mol. The Bertz CT molecular complexity index is 895. The Labute approximate surface area is 152 Å². The summed E-state index contributed by atoms with van der Waals surface area (Å²) in [7, 11) is 0. The van der Waals surface area contributed by atoms with E-state index in [4.69, 9.17) is 11.6 Å². The highest BCUT2D eigenvalue weighted by Crippen LogP contribution is 2.20. The van der Waals surface area contributed by atoms with Crippen molar-refractivity contribution < 1.29 is 4.79 Å². The van der Waals surface area contributed by atoms with Crippen molar-refractivity contribution in [3.05, 3.63) is 64.8 Å². The number of carbonyl (C=O) groups is 1. The molecule has 4 rings (SSSR count). The van der Waals surface area contributed by atoms with E-state index in [0.29, 0.717) is 6.54 Å². The lowest BCUT2D eigenvalue weighted by molar-refractivity contribution is 0.0724. The third-order valence-electron chi connectivity index (χ3n) is 4.78. The molecule has 1 saturated heterocycles. The van der Waals surface area contributed by atoms with E-state index in [1.54, 1.807) is 0 Å². The zero-order valence-corrected chi connectivity index (χ0v) is 14.7. The number of fused-ring (bicyclic) bond motifs is 1. The zero-order valence-electron chi connectivity index (χ0n) is 14.0. The highest BCUT2D eigenvalue weighted by molar-refractivity contribution is 6.30. The Morgan fingerprint density at radius 3 is 2.56 bits per heavy atom. The second-order valence-corrected chi connectivity index (χ2v) is 6.99. The molecule has 1 fully saturated rings. The van der Waals surface area contributed by atoms with Crippen molar-refractivity contribution in [2.45, 2.75) is 25.8 Å². The molecule has 0 atom stereocenters. The number of hydrogen-bond acceptors (Lipinski definition) is 2. The SMILES string of the molecule is O=C(c1ccc2cnn(Cc3ccc(Cl)cc3)c2c1)N1CCCCC1. The van der Waals surface area contributed by atoms with Gasteiger partial charge in [0.1, 0.15) is 0 Å². The number of benzene rings is 2. The van der Waals surface area contributed by atoms with E-state index < -0.39 is 0 Å². The fourth-order valence-corrected chi connectivity index (χ4v) is 3.50. The molecule has 1 amide bonds. The highest BCUT2D eigenvalue weighted by atomic mass is 35.5. The average molecular weight is 354 g/mol. The van der Waals surface area contributed by atoms with Gasteiger partial charge in [-0.25, -0.2) is 0 Å². The molecule has 0 radical (unpaired) electrons. The van der Waals surface area contributed by atoms with Crippen LogP contribution in [0.2, 0.25) is 5.02 Å². The third-order valence-corrected chi connectivity index (χ3v) is 5.03. The number of halogens is 1. The number of piperidine rings is 1. The molecule has 0 unspecified atom stereocenters. The molecule has 1 aromatic heterocycles. The van der Waals surface area contributed by atoms with Gasteiger partial charge in [-0.15, -0.1) is 0 Å². The molecule has 25 heavy (non-hydrogen) atoms. The normalized spacial score (nSPS) is 14.8. The van der Waals surface area contributed by atoms with Crippen molar-refractivity contribution in [3.63, 3.8) is 0 Å². The standard InChI is InChI=1S/C20H20ClN3O/c21-18-8-4-15(5-9-18)14-24-19-12-16(6-7-17(19)13-22-24)20(25)23-10-2-1-3-11-23/h4-9,12-13H,1-3,10-11,14H2. The van der Waals surface area contributed by atoms with Crippen LogP contribution in [0.15, 0.2) is 48.7 Å². The molecule has 3 aromatic rings. The van der Waals surface area contributed by atoms with Crippen molar-refractivity contribution >= 4 is 28.4 Å². The van der Waals surface area contributed by atoms with Crippen LogP contribution in [-0.4, -0.2) is 33.7 Å². The molecule has 1 aliphatic heterocycles. The first kappa shape index (κ1) is 16.2. The quantitative estimate of drug-likeness (QED) is 0.701. The van der Waals surface area contributed by atoms with Crippen LogP contribution in [0.4, 0.5) is 0 Å². The van der Waals surface area contributed by atoms with E-state index in [1.165, 1.54) is 6.42 Å². The van der Waals surface area contributed by atoms with Crippen LogP contribution in [0, 0.1) is 0 Å². The van der Waals surface area contributed by atoms with Crippen molar-refractivity contribution in [2.75, 3.05) is 13.1 Å². The fourth-order valence-electron chi connectivity index (χ4n) is 3.37. The van der Waals surface area contributed by atoms with Crippen LogP contribution in [0.3, 0.4) is 0 Å². The van der Waals surface area contributed by atoms with Gasteiger partial charge in [0, 0.05) is 29.1 Å². The molecule has 0 bridgehead atoms. The number of nitrogens with zero attached hydrogens (tertiary/aromatic N) is 3. The van der Waals surface area contributed by atoms with Gasteiger partial charge >= 0.3 is 0 Å². The third kappa shape index (κ3) is 3.40. The largest absolute Gasteiger partial charge is 0.339 e. The van der Waals surface area contributed by atoms with Crippen molar-refractivity contribution in [1.82, 2.24) is 14.7 Å². The van der Waals surface area contributed by atoms with Crippen LogP contribution < -0.4 is 0 Å². The second-order valence-electron chi connectivity index (χ2n) is 6.56. The van der Waals surface area contributed by atoms with E-state index in [-0.39, 0.29) is 5.91 Å². The summed E-state index contributed by atoms with van der Waals surface area (Å²) in [5.41, 5.74) is 2.85. The molecule has 0 spiro atoms. The maximum Gasteiger partial charge on any atom is 0.253 e. The number of likely N-dealkylation sites (tertiary alicyclic amines) is 1. The molecule has 0 saturated carbocycles. The van der Waals surface area contributed by atoms with Crippen LogP contribution in [0.5, 0.6) is 0 Å². The number of carbonyl (C=O) groups excluding carboxylic acids is 1. The predicted octanol–water partition coefficient (Wildman–Crippen LogP) is 4.36. The minimum absolute atomic E-state index is 0.126. The first-order valence-corrected chi connectivity index (χ1v) is 9.08. The highest BCUT2D eigenvalue weighted by Gasteiger charge is 2.19. The zero-order chi connectivity index (χ0) is 17.2. The van der Waals surface area contributed by atoms with Gasteiger partial charge in [0.25, 0.3) is 5.91 Å². The Morgan fingerprint density at radius 2 is 1.80 bits per heavy atom. The summed E-state index contributed by atoms with van der Waals surface area (Å²) < 4.78 is 1.94. The molecule has 2 heterocycles. The van der Waals surface area contributed by atoms with E-state index >= 15 is 0 Å².